The van der Waals surface area contributed by atoms with Crippen molar-refractivity contribution in [3.8, 4) is 11.5 Å². The largest absolute Gasteiger partial charge is 0.493 e. The average molecular weight is 760 g/mol. The van der Waals surface area contributed by atoms with Gasteiger partial charge >= 0.3 is 5.97 Å². The number of anilines is 2. The summed E-state index contributed by atoms with van der Waals surface area (Å²) in [6.45, 7) is 17.9. The molecule has 3 rings (SSSR count). The highest BCUT2D eigenvalue weighted by molar-refractivity contribution is 5.98. The number of amides is 3. The van der Waals surface area contributed by atoms with Crippen LogP contribution in [0.25, 0.3) is 0 Å². The first-order valence-corrected chi connectivity index (χ1v) is 20.0. The van der Waals surface area contributed by atoms with Gasteiger partial charge in [0.25, 0.3) is 0 Å². The van der Waals surface area contributed by atoms with Crippen LogP contribution in [-0.2, 0) is 20.9 Å². The third-order valence-electron chi connectivity index (χ3n) is 9.01. The zero-order valence-corrected chi connectivity index (χ0v) is 34.4. The fourth-order valence-electron chi connectivity index (χ4n) is 5.63. The van der Waals surface area contributed by atoms with Crippen molar-refractivity contribution in [2.45, 2.75) is 113 Å². The van der Waals surface area contributed by atoms with E-state index in [4.69, 9.17) is 19.9 Å². The van der Waals surface area contributed by atoms with Crippen LogP contribution in [0.15, 0.2) is 66.7 Å². The van der Waals surface area contributed by atoms with E-state index < -0.39 is 11.9 Å². The molecule has 0 spiro atoms. The summed E-state index contributed by atoms with van der Waals surface area (Å²) in [6.07, 6.45) is 6.95. The monoisotopic (exact) mass is 759 g/mol. The molecule has 4 N–H and O–H groups in total. The van der Waals surface area contributed by atoms with Crippen molar-refractivity contribution in [2.24, 2.45) is 29.4 Å². The Bertz CT molecular complexity index is 1620. The number of ether oxygens (including phenoxy) is 3. The summed E-state index contributed by atoms with van der Waals surface area (Å²) in [4.78, 5) is 49.2. The summed E-state index contributed by atoms with van der Waals surface area (Å²) in [5.74, 6) is 0.998. The lowest BCUT2D eigenvalue weighted by Gasteiger charge is -2.16. The zero-order valence-electron chi connectivity index (χ0n) is 34.4. The van der Waals surface area contributed by atoms with Crippen LogP contribution in [0, 0.1) is 23.7 Å². The molecule has 0 aliphatic rings. The molecule has 0 aromatic heterocycles. The maximum absolute atomic E-state index is 12.7. The molecule has 3 aromatic carbocycles. The molecule has 10 heteroatoms. The van der Waals surface area contributed by atoms with E-state index in [0.29, 0.717) is 59.1 Å². The Hall–Kier alpha value is -4.86. The summed E-state index contributed by atoms with van der Waals surface area (Å²) in [5, 5.41) is 5.85. The molecule has 3 aromatic rings. The van der Waals surface area contributed by atoms with Gasteiger partial charge in [0.15, 0.2) is 0 Å². The fraction of sp³-hybridized carbons (Fsp3) is 0.511. The summed E-state index contributed by atoms with van der Waals surface area (Å²) in [7, 11) is 0. The Morgan fingerprint density at radius 3 is 1.49 bits per heavy atom. The van der Waals surface area contributed by atoms with Crippen LogP contribution >= 0.6 is 0 Å². The SMILES string of the molecule is CCCC(CC)C(=O)Nc1cc(OCCC(C)C)cc(C(=O)OCc2ccccc2)c1.CCCC(CC)C(=O)Nc1cc(OCCC(C)C)cc(C(N)=O)c1. The standard InChI is InChI=1S/C26H35NO4.C19H30N2O3/c1-5-10-21(6-2)25(28)27-23-15-22(16-24(17-23)30-14-13-19(3)4)26(29)31-18-20-11-8-7-9-12-20;1-5-7-14(6-2)19(23)21-16-10-15(18(20)22)11-17(12-16)24-9-8-13(3)4/h7-9,11-12,15-17,19,21H,5-6,10,13-14,18H2,1-4H3,(H,27,28);10-14H,5-9H2,1-4H3,(H2,20,22)(H,21,23). The van der Waals surface area contributed by atoms with Crippen LogP contribution in [0.1, 0.15) is 133 Å². The lowest BCUT2D eigenvalue weighted by molar-refractivity contribution is -0.121. The van der Waals surface area contributed by atoms with Crippen molar-refractivity contribution in [1.82, 2.24) is 0 Å². The number of nitrogens with two attached hydrogens (primary N) is 1. The lowest BCUT2D eigenvalue weighted by Crippen LogP contribution is -2.22. The van der Waals surface area contributed by atoms with E-state index in [1.165, 1.54) is 0 Å². The maximum atomic E-state index is 12.7. The molecule has 2 unspecified atom stereocenters. The second-order valence-electron chi connectivity index (χ2n) is 14.7. The number of rotatable bonds is 22. The van der Waals surface area contributed by atoms with Gasteiger partial charge in [0.2, 0.25) is 17.7 Å². The number of esters is 1. The second-order valence-corrected chi connectivity index (χ2v) is 14.7. The van der Waals surface area contributed by atoms with E-state index in [1.807, 2.05) is 44.2 Å². The molecular weight excluding hydrogens is 695 g/mol. The van der Waals surface area contributed by atoms with Gasteiger partial charge in [0.05, 0.1) is 18.8 Å². The Kier molecular flexibility index (Phi) is 21.3. The molecule has 10 nitrogen and oxygen atoms in total. The Morgan fingerprint density at radius 1 is 0.618 bits per heavy atom. The van der Waals surface area contributed by atoms with E-state index in [9.17, 15) is 19.2 Å². The number of benzene rings is 3. The molecule has 0 bridgehead atoms. The average Bonchev–Trinajstić information content (AvgIpc) is 3.15. The van der Waals surface area contributed by atoms with Crippen molar-refractivity contribution in [3.05, 3.63) is 83.4 Å². The van der Waals surface area contributed by atoms with Crippen molar-refractivity contribution in [3.63, 3.8) is 0 Å². The minimum Gasteiger partial charge on any atom is -0.493 e. The maximum Gasteiger partial charge on any atom is 0.338 e. The number of hydrogen-bond donors (Lipinski definition) is 3. The summed E-state index contributed by atoms with van der Waals surface area (Å²) >= 11 is 0. The topological polar surface area (TPSA) is 146 Å². The summed E-state index contributed by atoms with van der Waals surface area (Å²) in [5.41, 5.74) is 8.09. The van der Waals surface area contributed by atoms with Gasteiger partial charge in [-0.05, 0) is 80.2 Å². The fourth-order valence-corrected chi connectivity index (χ4v) is 5.63. The highest BCUT2D eigenvalue weighted by Crippen LogP contribution is 2.25. The number of carbonyl (C=O) groups is 4. The van der Waals surface area contributed by atoms with E-state index in [2.05, 4.69) is 52.2 Å². The van der Waals surface area contributed by atoms with E-state index in [-0.39, 0.29) is 30.3 Å². The molecule has 0 saturated heterocycles. The first-order chi connectivity index (χ1) is 26.3. The van der Waals surface area contributed by atoms with Crippen molar-refractivity contribution in [1.29, 1.82) is 0 Å². The van der Waals surface area contributed by atoms with E-state index >= 15 is 0 Å². The van der Waals surface area contributed by atoms with Gasteiger partial charge in [0.1, 0.15) is 18.1 Å². The van der Waals surface area contributed by atoms with Crippen LogP contribution in [0.5, 0.6) is 11.5 Å². The summed E-state index contributed by atoms with van der Waals surface area (Å²) < 4.78 is 17.0. The Morgan fingerprint density at radius 2 is 1.07 bits per heavy atom. The number of nitrogens with one attached hydrogen (secondary N) is 2. The van der Waals surface area contributed by atoms with Gasteiger partial charge in [-0.1, -0.05) is 98.6 Å². The molecule has 0 aliphatic carbocycles. The molecule has 0 heterocycles. The minimum atomic E-state index is -0.541. The highest BCUT2D eigenvalue weighted by Gasteiger charge is 2.19. The first kappa shape index (κ1) is 46.3. The smallest absolute Gasteiger partial charge is 0.338 e. The van der Waals surface area contributed by atoms with Crippen LogP contribution in [0.4, 0.5) is 11.4 Å². The van der Waals surface area contributed by atoms with Crippen molar-refractivity contribution in [2.75, 3.05) is 23.8 Å². The zero-order chi connectivity index (χ0) is 40.8. The predicted molar refractivity (Wildman–Crippen MR) is 222 cm³/mol. The quantitative estimate of drug-likeness (QED) is 0.0864. The van der Waals surface area contributed by atoms with E-state index in [0.717, 1.165) is 56.9 Å². The summed E-state index contributed by atoms with van der Waals surface area (Å²) in [6, 6.07) is 19.6. The highest BCUT2D eigenvalue weighted by atomic mass is 16.5. The third-order valence-corrected chi connectivity index (χ3v) is 9.01. The molecule has 302 valence electrons. The normalized spacial score (nSPS) is 11.9. The van der Waals surface area contributed by atoms with Gasteiger partial charge in [0, 0.05) is 40.9 Å². The Balaban J connectivity index is 0.000000393. The lowest BCUT2D eigenvalue weighted by atomic mass is 9.99. The van der Waals surface area contributed by atoms with Crippen molar-refractivity contribution >= 4 is 35.1 Å². The van der Waals surface area contributed by atoms with Gasteiger partial charge in [-0.2, -0.15) is 0 Å². The molecule has 0 aliphatic heterocycles. The number of carbonyl (C=O) groups excluding carboxylic acids is 4. The molecule has 55 heavy (non-hydrogen) atoms. The minimum absolute atomic E-state index is 0.0301. The van der Waals surface area contributed by atoms with Crippen LogP contribution < -0.4 is 25.8 Å². The van der Waals surface area contributed by atoms with Crippen molar-refractivity contribution < 1.29 is 33.4 Å². The van der Waals surface area contributed by atoms with Gasteiger partial charge in [-0.3, -0.25) is 14.4 Å². The molecule has 0 radical (unpaired) electrons. The Labute approximate surface area is 329 Å². The molecule has 0 saturated carbocycles. The van der Waals surface area contributed by atoms with E-state index in [1.54, 1.807) is 36.4 Å². The number of primary amides is 1. The molecule has 2 atom stereocenters. The number of hydrogen-bond acceptors (Lipinski definition) is 7. The van der Waals surface area contributed by atoms with Crippen LogP contribution in [-0.4, -0.2) is 36.9 Å². The van der Waals surface area contributed by atoms with Crippen LogP contribution in [0.3, 0.4) is 0 Å². The van der Waals surface area contributed by atoms with Crippen LogP contribution in [0.2, 0.25) is 0 Å². The molecule has 3 amide bonds. The van der Waals surface area contributed by atoms with Gasteiger partial charge < -0.3 is 30.6 Å². The predicted octanol–water partition coefficient (Wildman–Crippen LogP) is 10.2. The molecular formula is C45H65N3O7. The first-order valence-electron chi connectivity index (χ1n) is 20.0. The van der Waals surface area contributed by atoms with Gasteiger partial charge in [-0.25, -0.2) is 4.79 Å². The third kappa shape index (κ3) is 17.9. The second kappa shape index (κ2) is 25.3. The van der Waals surface area contributed by atoms with Gasteiger partial charge in [-0.15, -0.1) is 0 Å². The molecule has 0 fully saturated rings.